The van der Waals surface area contributed by atoms with E-state index >= 15 is 0 Å². The molecule has 0 bridgehead atoms. The number of nitrogens with one attached hydrogen (secondary N) is 2. The molecule has 0 saturated carbocycles. The molecule has 0 heterocycles. The number of hydrogen-bond donors (Lipinski definition) is 2. The van der Waals surface area contributed by atoms with Crippen molar-refractivity contribution in [1.82, 2.24) is 10.6 Å². The van der Waals surface area contributed by atoms with Gasteiger partial charge >= 0.3 is 0 Å². The molecule has 0 aliphatic rings. The lowest BCUT2D eigenvalue weighted by molar-refractivity contribution is 0.283. The summed E-state index contributed by atoms with van der Waals surface area (Å²) >= 11 is 0. The van der Waals surface area contributed by atoms with Crippen molar-refractivity contribution in [3.63, 3.8) is 0 Å². The van der Waals surface area contributed by atoms with Gasteiger partial charge in [-0.15, -0.1) is 0 Å². The minimum atomic E-state index is 0.419. The molecule has 0 aromatic carbocycles. The molecule has 2 heteroatoms. The molecular formula is C15H34N2. The van der Waals surface area contributed by atoms with E-state index in [4.69, 9.17) is 0 Å². The Balaban J connectivity index is 3.76. The van der Waals surface area contributed by atoms with Crippen LogP contribution in [0.25, 0.3) is 0 Å². The van der Waals surface area contributed by atoms with E-state index in [-0.39, 0.29) is 0 Å². The van der Waals surface area contributed by atoms with Crippen LogP contribution in [-0.2, 0) is 0 Å². The van der Waals surface area contributed by atoms with Crippen LogP contribution in [0.2, 0.25) is 0 Å². The number of unbranched alkanes of at least 4 members (excludes halogenated alkanes) is 1. The van der Waals surface area contributed by atoms with Crippen molar-refractivity contribution in [2.45, 2.75) is 66.5 Å². The van der Waals surface area contributed by atoms with Gasteiger partial charge in [-0.1, -0.05) is 47.0 Å². The predicted molar refractivity (Wildman–Crippen MR) is 78.2 cm³/mol. The van der Waals surface area contributed by atoms with E-state index in [0.29, 0.717) is 6.17 Å². The molecule has 0 rings (SSSR count). The van der Waals surface area contributed by atoms with Gasteiger partial charge in [0.1, 0.15) is 0 Å². The van der Waals surface area contributed by atoms with Gasteiger partial charge in [-0.05, 0) is 44.7 Å². The van der Waals surface area contributed by atoms with E-state index in [1.54, 1.807) is 0 Å². The largest absolute Gasteiger partial charge is 0.305 e. The summed E-state index contributed by atoms with van der Waals surface area (Å²) in [7, 11) is 2.00. The molecule has 4 atom stereocenters. The van der Waals surface area contributed by atoms with Gasteiger partial charge in [-0.3, -0.25) is 0 Å². The summed E-state index contributed by atoms with van der Waals surface area (Å²) in [6.07, 6.45) is 5.90. The van der Waals surface area contributed by atoms with E-state index in [2.05, 4.69) is 45.3 Å². The SMILES string of the molecule is CCCCC(C)CC(C)C(C)CNC(C)NC. The third kappa shape index (κ3) is 8.62. The zero-order chi connectivity index (χ0) is 13.3. The molecule has 0 radical (unpaired) electrons. The second-order valence-electron chi connectivity index (χ2n) is 5.86. The van der Waals surface area contributed by atoms with Crippen LogP contribution in [0.5, 0.6) is 0 Å². The maximum absolute atomic E-state index is 3.52. The highest BCUT2D eigenvalue weighted by molar-refractivity contribution is 4.69. The Kier molecular flexibility index (Phi) is 9.85. The first kappa shape index (κ1) is 16.9. The smallest absolute Gasteiger partial charge is 0.0540 e. The molecule has 0 fully saturated rings. The van der Waals surface area contributed by atoms with Gasteiger partial charge in [-0.25, -0.2) is 0 Å². The van der Waals surface area contributed by atoms with Gasteiger partial charge in [0.2, 0.25) is 0 Å². The fourth-order valence-corrected chi connectivity index (χ4v) is 2.20. The summed E-state index contributed by atoms with van der Waals surface area (Å²) in [6.45, 7) is 12.7. The molecule has 2 N–H and O–H groups in total. The summed E-state index contributed by atoms with van der Waals surface area (Å²) in [6, 6.07) is 0. The molecule has 0 saturated heterocycles. The Hall–Kier alpha value is -0.0800. The highest BCUT2D eigenvalue weighted by Crippen LogP contribution is 2.23. The normalized spacial score (nSPS) is 18.7. The molecule has 0 aromatic heterocycles. The highest BCUT2D eigenvalue weighted by Gasteiger charge is 2.15. The quantitative estimate of drug-likeness (QED) is 0.572. The van der Waals surface area contributed by atoms with Gasteiger partial charge in [0.05, 0.1) is 6.17 Å². The predicted octanol–water partition coefficient (Wildman–Crippen LogP) is 3.63. The van der Waals surface area contributed by atoms with Gasteiger partial charge in [0.15, 0.2) is 0 Å². The van der Waals surface area contributed by atoms with Crippen molar-refractivity contribution in [3.8, 4) is 0 Å². The Labute approximate surface area is 109 Å². The van der Waals surface area contributed by atoms with E-state index < -0.39 is 0 Å². The maximum atomic E-state index is 3.52. The molecule has 0 spiro atoms. The first-order chi connectivity index (χ1) is 8.01. The summed E-state index contributed by atoms with van der Waals surface area (Å²) in [5.41, 5.74) is 0. The van der Waals surface area contributed by atoms with Crippen LogP contribution >= 0.6 is 0 Å². The van der Waals surface area contributed by atoms with Gasteiger partial charge in [0.25, 0.3) is 0 Å². The molecule has 4 unspecified atom stereocenters. The molecule has 2 nitrogen and oxygen atoms in total. The van der Waals surface area contributed by atoms with Crippen molar-refractivity contribution in [3.05, 3.63) is 0 Å². The van der Waals surface area contributed by atoms with Crippen LogP contribution in [0.3, 0.4) is 0 Å². The van der Waals surface area contributed by atoms with Crippen LogP contribution in [-0.4, -0.2) is 19.8 Å². The van der Waals surface area contributed by atoms with Crippen LogP contribution in [0.1, 0.15) is 60.3 Å². The lowest BCUT2D eigenvalue weighted by Crippen LogP contribution is -2.40. The third-order valence-corrected chi connectivity index (χ3v) is 3.98. The topological polar surface area (TPSA) is 24.1 Å². The fourth-order valence-electron chi connectivity index (χ4n) is 2.20. The molecular weight excluding hydrogens is 208 g/mol. The summed E-state index contributed by atoms with van der Waals surface area (Å²) in [4.78, 5) is 0. The first-order valence-electron chi connectivity index (χ1n) is 7.41. The van der Waals surface area contributed by atoms with Crippen LogP contribution in [0, 0.1) is 17.8 Å². The third-order valence-electron chi connectivity index (χ3n) is 3.98. The van der Waals surface area contributed by atoms with Crippen molar-refractivity contribution in [2.75, 3.05) is 13.6 Å². The van der Waals surface area contributed by atoms with Gasteiger partial charge in [-0.2, -0.15) is 0 Å². The maximum Gasteiger partial charge on any atom is 0.0540 e. The van der Waals surface area contributed by atoms with Crippen molar-refractivity contribution < 1.29 is 0 Å². The van der Waals surface area contributed by atoms with E-state index in [1.165, 1.54) is 25.7 Å². The average Bonchev–Trinajstić information content (AvgIpc) is 2.32. The van der Waals surface area contributed by atoms with E-state index in [1.807, 2.05) is 7.05 Å². The first-order valence-corrected chi connectivity index (χ1v) is 7.41. The monoisotopic (exact) mass is 242 g/mol. The highest BCUT2D eigenvalue weighted by atomic mass is 15.1. The molecule has 0 amide bonds. The minimum Gasteiger partial charge on any atom is -0.305 e. The van der Waals surface area contributed by atoms with E-state index in [0.717, 1.165) is 24.3 Å². The van der Waals surface area contributed by atoms with Crippen molar-refractivity contribution >= 4 is 0 Å². The van der Waals surface area contributed by atoms with Crippen LogP contribution in [0.4, 0.5) is 0 Å². The fraction of sp³-hybridized carbons (Fsp3) is 1.00. The van der Waals surface area contributed by atoms with Crippen LogP contribution in [0.15, 0.2) is 0 Å². The van der Waals surface area contributed by atoms with Crippen molar-refractivity contribution in [2.24, 2.45) is 17.8 Å². The molecule has 0 aliphatic heterocycles. The summed E-state index contributed by atoms with van der Waals surface area (Å²) in [5.74, 6) is 2.46. The molecule has 17 heavy (non-hydrogen) atoms. The Morgan fingerprint density at radius 1 is 1.00 bits per heavy atom. The Morgan fingerprint density at radius 2 is 1.65 bits per heavy atom. The molecule has 104 valence electrons. The zero-order valence-electron chi connectivity index (χ0n) is 12.8. The van der Waals surface area contributed by atoms with Crippen LogP contribution < -0.4 is 10.6 Å². The lowest BCUT2D eigenvalue weighted by atomic mass is 9.85. The van der Waals surface area contributed by atoms with Crippen molar-refractivity contribution in [1.29, 1.82) is 0 Å². The summed E-state index contributed by atoms with van der Waals surface area (Å²) < 4.78 is 0. The average molecular weight is 242 g/mol. The second-order valence-corrected chi connectivity index (χ2v) is 5.86. The zero-order valence-corrected chi connectivity index (χ0v) is 12.8. The van der Waals surface area contributed by atoms with Gasteiger partial charge in [0, 0.05) is 0 Å². The number of rotatable bonds is 10. The standard InChI is InChI=1S/C15H34N2/c1-7-8-9-12(2)10-13(3)14(4)11-17-15(5)16-6/h12-17H,7-11H2,1-6H3. The Bertz CT molecular complexity index is 170. The minimum absolute atomic E-state index is 0.419. The summed E-state index contributed by atoms with van der Waals surface area (Å²) in [5, 5.41) is 6.74. The van der Waals surface area contributed by atoms with E-state index in [9.17, 15) is 0 Å². The Morgan fingerprint density at radius 3 is 2.18 bits per heavy atom. The number of hydrogen-bond acceptors (Lipinski definition) is 2. The lowest BCUT2D eigenvalue weighted by Gasteiger charge is -2.25. The second kappa shape index (κ2) is 9.90. The molecule has 0 aromatic rings. The molecule has 0 aliphatic carbocycles. The van der Waals surface area contributed by atoms with Gasteiger partial charge < -0.3 is 10.6 Å².